The van der Waals surface area contributed by atoms with Gasteiger partial charge in [-0.05, 0) is 32.0 Å². The minimum absolute atomic E-state index is 0.0105. The van der Waals surface area contributed by atoms with Gasteiger partial charge >= 0.3 is 0 Å². The number of benzene rings is 1. The maximum Gasteiger partial charge on any atom is 0.240 e. The lowest BCUT2D eigenvalue weighted by Gasteiger charge is -2.16. The molecule has 0 aliphatic heterocycles. The molecule has 0 heterocycles. The predicted molar refractivity (Wildman–Crippen MR) is 70.7 cm³/mol. The zero-order valence-corrected chi connectivity index (χ0v) is 12.0. The molecule has 7 heteroatoms. The van der Waals surface area contributed by atoms with Crippen LogP contribution in [0.5, 0.6) is 0 Å². The highest BCUT2D eigenvalue weighted by Crippen LogP contribution is 2.21. The summed E-state index contributed by atoms with van der Waals surface area (Å²) in [5, 5.41) is 17.6. The number of nitrogens with one attached hydrogen (secondary N) is 1. The maximum absolute atomic E-state index is 12.0. The highest BCUT2D eigenvalue weighted by molar-refractivity contribution is 7.89. The monoisotopic (exact) mass is 297 g/mol. The summed E-state index contributed by atoms with van der Waals surface area (Å²) >= 11 is 5.79. The van der Waals surface area contributed by atoms with Crippen LogP contribution in [0.2, 0.25) is 5.02 Å². The molecule has 19 heavy (non-hydrogen) atoms. The summed E-state index contributed by atoms with van der Waals surface area (Å²) in [6, 6.07) is 7.70. The molecule has 0 saturated heterocycles. The lowest BCUT2D eigenvalue weighted by Crippen LogP contribution is -2.33. The molecule has 100 valence electrons. The van der Waals surface area contributed by atoms with Crippen LogP contribution in [0.15, 0.2) is 23.1 Å². The van der Waals surface area contributed by atoms with Crippen LogP contribution in [0.25, 0.3) is 0 Å². The summed E-state index contributed by atoms with van der Waals surface area (Å²) in [5.74, 6) is 0. The van der Waals surface area contributed by atoms with Crippen molar-refractivity contribution >= 4 is 21.6 Å². The first kappa shape index (κ1) is 15.5. The summed E-state index contributed by atoms with van der Waals surface area (Å²) in [7, 11) is -3.75. The van der Waals surface area contributed by atoms with Gasteiger partial charge < -0.3 is 0 Å². The van der Waals surface area contributed by atoms with E-state index in [-0.39, 0.29) is 22.0 Å². The van der Waals surface area contributed by atoms with Gasteiger partial charge in [0.05, 0.1) is 27.0 Å². The number of hydrogen-bond acceptors (Lipinski definition) is 4. The van der Waals surface area contributed by atoms with Crippen molar-refractivity contribution in [3.05, 3.63) is 28.8 Å². The molecule has 5 nitrogen and oxygen atoms in total. The van der Waals surface area contributed by atoms with Gasteiger partial charge in [0.15, 0.2) is 0 Å². The minimum Gasteiger partial charge on any atom is -0.210 e. The Labute approximate surface area is 117 Å². The van der Waals surface area contributed by atoms with Crippen LogP contribution in [0.4, 0.5) is 0 Å². The molecule has 0 aliphatic carbocycles. The topological polar surface area (TPSA) is 93.8 Å². The average Bonchev–Trinajstić information content (AvgIpc) is 2.36. The summed E-state index contributed by atoms with van der Waals surface area (Å²) in [6.07, 6.45) is 0. The second-order valence-electron chi connectivity index (χ2n) is 4.57. The molecule has 0 atom stereocenters. The van der Waals surface area contributed by atoms with Crippen LogP contribution >= 0.6 is 11.6 Å². The second kappa shape index (κ2) is 5.58. The van der Waals surface area contributed by atoms with E-state index in [9.17, 15) is 8.42 Å². The van der Waals surface area contributed by atoms with E-state index < -0.39 is 15.4 Å². The number of hydrogen-bond donors (Lipinski definition) is 1. The Kier molecular flexibility index (Phi) is 4.54. The SMILES string of the molecule is CC(C)(C#N)CNS(=O)(=O)c1ccc(C#N)c(Cl)c1. The lowest BCUT2D eigenvalue weighted by atomic mass is 9.97. The maximum atomic E-state index is 12.0. The van der Waals surface area contributed by atoms with E-state index in [0.29, 0.717) is 0 Å². The molecule has 0 radical (unpaired) electrons. The van der Waals surface area contributed by atoms with Gasteiger partial charge in [0.2, 0.25) is 10.0 Å². The van der Waals surface area contributed by atoms with Crippen molar-refractivity contribution in [2.75, 3.05) is 6.54 Å². The van der Waals surface area contributed by atoms with E-state index in [2.05, 4.69) is 4.72 Å². The predicted octanol–water partition coefficient (Wildman–Crippen LogP) is 2.04. The van der Waals surface area contributed by atoms with Crippen molar-refractivity contribution < 1.29 is 8.42 Å². The largest absolute Gasteiger partial charge is 0.240 e. The van der Waals surface area contributed by atoms with E-state index in [1.165, 1.54) is 18.2 Å². The average molecular weight is 298 g/mol. The summed E-state index contributed by atoms with van der Waals surface area (Å²) in [6.45, 7) is 3.24. The van der Waals surface area contributed by atoms with E-state index in [0.717, 1.165) is 0 Å². The van der Waals surface area contributed by atoms with E-state index in [4.69, 9.17) is 22.1 Å². The highest BCUT2D eigenvalue weighted by atomic mass is 35.5. The van der Waals surface area contributed by atoms with Gasteiger partial charge in [0.25, 0.3) is 0 Å². The summed E-state index contributed by atoms with van der Waals surface area (Å²) < 4.78 is 26.3. The molecule has 1 N–H and O–H groups in total. The Balaban J connectivity index is 3.00. The number of nitrogens with zero attached hydrogens (tertiary/aromatic N) is 2. The normalized spacial score (nSPS) is 11.6. The van der Waals surface area contributed by atoms with Gasteiger partial charge in [-0.25, -0.2) is 13.1 Å². The van der Waals surface area contributed by atoms with E-state index in [1.807, 2.05) is 12.1 Å². The summed E-state index contributed by atoms with van der Waals surface area (Å²) in [4.78, 5) is -0.0368. The van der Waals surface area contributed by atoms with Crippen LogP contribution in [0.1, 0.15) is 19.4 Å². The van der Waals surface area contributed by atoms with Crippen molar-refractivity contribution in [2.24, 2.45) is 5.41 Å². The Morgan fingerprint density at radius 2 is 2.00 bits per heavy atom. The molecule has 0 aromatic heterocycles. The Morgan fingerprint density at radius 1 is 1.37 bits per heavy atom. The van der Waals surface area contributed by atoms with Crippen LogP contribution in [-0.2, 0) is 10.0 Å². The molecule has 0 bridgehead atoms. The lowest BCUT2D eigenvalue weighted by molar-refractivity contribution is 0.479. The van der Waals surface area contributed by atoms with Gasteiger partial charge in [0.1, 0.15) is 6.07 Å². The molecular formula is C12H12ClN3O2S. The second-order valence-corrected chi connectivity index (χ2v) is 6.75. The molecule has 0 aliphatic rings. The standard InChI is InChI=1S/C12H12ClN3O2S/c1-12(2,7-15)8-16-19(17,18)10-4-3-9(6-14)11(13)5-10/h3-5,16H,8H2,1-2H3. The zero-order valence-electron chi connectivity index (χ0n) is 10.4. The van der Waals surface area contributed by atoms with Crippen LogP contribution in [0.3, 0.4) is 0 Å². The minimum atomic E-state index is -3.75. The molecular weight excluding hydrogens is 286 g/mol. The number of rotatable bonds is 4. The molecule has 1 aromatic rings. The molecule has 0 fully saturated rings. The quantitative estimate of drug-likeness (QED) is 0.920. The first-order valence-corrected chi connectivity index (χ1v) is 7.18. The van der Waals surface area contributed by atoms with Gasteiger partial charge in [-0.2, -0.15) is 10.5 Å². The molecule has 1 rings (SSSR count). The van der Waals surface area contributed by atoms with Gasteiger partial charge in [-0.3, -0.25) is 0 Å². The molecule has 0 saturated carbocycles. The third kappa shape index (κ3) is 3.93. The van der Waals surface area contributed by atoms with Crippen LogP contribution in [-0.4, -0.2) is 15.0 Å². The fourth-order valence-corrected chi connectivity index (χ4v) is 2.68. The van der Waals surface area contributed by atoms with Crippen molar-refractivity contribution in [1.29, 1.82) is 10.5 Å². The Morgan fingerprint density at radius 3 is 2.47 bits per heavy atom. The van der Waals surface area contributed by atoms with Crippen molar-refractivity contribution in [1.82, 2.24) is 4.72 Å². The number of sulfonamides is 1. The van der Waals surface area contributed by atoms with Crippen LogP contribution in [0, 0.1) is 28.1 Å². The van der Waals surface area contributed by atoms with E-state index in [1.54, 1.807) is 13.8 Å². The van der Waals surface area contributed by atoms with Gasteiger partial charge in [-0.1, -0.05) is 11.6 Å². The summed E-state index contributed by atoms with van der Waals surface area (Å²) in [5.41, 5.74) is -0.596. The van der Waals surface area contributed by atoms with Crippen molar-refractivity contribution in [3.63, 3.8) is 0 Å². The fourth-order valence-electron chi connectivity index (χ4n) is 1.15. The third-order valence-electron chi connectivity index (χ3n) is 2.38. The van der Waals surface area contributed by atoms with E-state index >= 15 is 0 Å². The zero-order chi connectivity index (χ0) is 14.7. The van der Waals surface area contributed by atoms with Gasteiger partial charge in [-0.15, -0.1) is 0 Å². The van der Waals surface area contributed by atoms with Crippen LogP contribution < -0.4 is 4.72 Å². The Bertz CT molecular complexity index is 669. The smallest absolute Gasteiger partial charge is 0.210 e. The fraction of sp³-hybridized carbons (Fsp3) is 0.333. The third-order valence-corrected chi connectivity index (χ3v) is 4.09. The first-order valence-electron chi connectivity index (χ1n) is 5.32. The number of halogens is 1. The van der Waals surface area contributed by atoms with Gasteiger partial charge in [0, 0.05) is 6.54 Å². The molecule has 0 spiro atoms. The van der Waals surface area contributed by atoms with Crippen molar-refractivity contribution in [3.8, 4) is 12.1 Å². The first-order chi connectivity index (χ1) is 8.72. The Hall–Kier alpha value is -1.60. The molecule has 0 unspecified atom stereocenters. The van der Waals surface area contributed by atoms with Crippen molar-refractivity contribution in [2.45, 2.75) is 18.7 Å². The highest BCUT2D eigenvalue weighted by Gasteiger charge is 2.22. The molecule has 1 aromatic carbocycles. The number of nitriles is 2. The molecule has 0 amide bonds.